The summed E-state index contributed by atoms with van der Waals surface area (Å²) in [6, 6.07) is 7.19. The molecule has 1 fully saturated rings. The first-order valence-corrected chi connectivity index (χ1v) is 9.74. The minimum absolute atomic E-state index is 0.00241. The monoisotopic (exact) mass is 324 g/mol. The van der Waals surface area contributed by atoms with Crippen LogP contribution in [0.15, 0.2) is 24.3 Å². The molecule has 1 heterocycles. The second-order valence-corrected chi connectivity index (χ2v) is 8.04. The van der Waals surface area contributed by atoms with Gasteiger partial charge >= 0.3 is 0 Å². The third-order valence-electron chi connectivity index (χ3n) is 4.05. The molecule has 22 heavy (non-hydrogen) atoms. The van der Waals surface area contributed by atoms with Crippen molar-refractivity contribution >= 4 is 15.7 Å². The van der Waals surface area contributed by atoms with Crippen LogP contribution < -0.4 is 5.32 Å². The van der Waals surface area contributed by atoms with Crippen LogP contribution in [0.5, 0.6) is 0 Å². The summed E-state index contributed by atoms with van der Waals surface area (Å²) in [4.78, 5) is 14.5. The maximum Gasteiger partial charge on any atom is 0.251 e. The van der Waals surface area contributed by atoms with E-state index in [0.717, 1.165) is 19.5 Å². The molecule has 0 radical (unpaired) electrons. The fourth-order valence-corrected chi connectivity index (χ4v) is 3.71. The molecule has 2 rings (SSSR count). The van der Waals surface area contributed by atoms with Crippen LogP contribution in [-0.4, -0.2) is 51.2 Å². The normalized spacial score (nSPS) is 19.3. The van der Waals surface area contributed by atoms with Crippen LogP contribution in [0.4, 0.5) is 0 Å². The zero-order chi connectivity index (χ0) is 16.2. The average molecular weight is 324 g/mol. The molecular formula is C16H24N2O3S. The number of carbonyl (C=O) groups excluding carboxylic acids is 1. The number of nitrogens with zero attached hydrogens (tertiary/aromatic N) is 1. The predicted molar refractivity (Wildman–Crippen MR) is 87.6 cm³/mol. The van der Waals surface area contributed by atoms with E-state index in [1.165, 1.54) is 12.7 Å². The Morgan fingerprint density at radius 2 is 2.00 bits per heavy atom. The van der Waals surface area contributed by atoms with Gasteiger partial charge in [0.1, 0.15) is 0 Å². The van der Waals surface area contributed by atoms with Gasteiger partial charge in [-0.05, 0) is 43.6 Å². The Morgan fingerprint density at radius 3 is 2.59 bits per heavy atom. The fraction of sp³-hybridized carbons (Fsp3) is 0.562. The van der Waals surface area contributed by atoms with Crippen LogP contribution in [0.25, 0.3) is 0 Å². The maximum atomic E-state index is 12.1. The Morgan fingerprint density at radius 1 is 1.32 bits per heavy atom. The molecule has 1 aliphatic heterocycles. The van der Waals surface area contributed by atoms with Crippen molar-refractivity contribution in [2.75, 3.05) is 25.9 Å². The van der Waals surface area contributed by atoms with E-state index in [1.54, 1.807) is 24.3 Å². The van der Waals surface area contributed by atoms with E-state index in [2.05, 4.69) is 17.1 Å². The predicted octanol–water partition coefficient (Wildman–Crippen LogP) is 1.45. The number of hydrogen-bond acceptors (Lipinski definition) is 4. The summed E-state index contributed by atoms with van der Waals surface area (Å²) < 4.78 is 22.5. The molecule has 1 amide bonds. The molecule has 1 N–H and O–H groups in total. The Bertz CT molecular complexity index is 611. The van der Waals surface area contributed by atoms with Crippen LogP contribution in [0.2, 0.25) is 0 Å². The number of benzene rings is 1. The first-order valence-electron chi connectivity index (χ1n) is 7.68. The molecule has 0 spiro atoms. The van der Waals surface area contributed by atoms with Gasteiger partial charge in [0.2, 0.25) is 0 Å². The largest absolute Gasteiger partial charge is 0.350 e. The molecule has 1 aliphatic rings. The van der Waals surface area contributed by atoms with Gasteiger partial charge in [-0.2, -0.15) is 0 Å². The number of carbonyl (C=O) groups is 1. The number of likely N-dealkylation sites (tertiary alicyclic amines) is 1. The Labute approximate surface area is 132 Å². The molecule has 5 nitrogen and oxygen atoms in total. The van der Waals surface area contributed by atoms with E-state index in [0.29, 0.717) is 23.7 Å². The number of sulfone groups is 1. The number of hydrogen-bond donors (Lipinski definition) is 1. The quantitative estimate of drug-likeness (QED) is 0.860. The molecule has 6 heteroatoms. The standard InChI is InChI=1S/C16H24N2O3S/c1-3-18-10-4-5-15(18)11-17-16(19)14-8-6-13(7-9-14)12-22(2,20)21/h6-9,15H,3-5,10-12H2,1-2H3,(H,17,19)/t15-/m1/s1. The summed E-state index contributed by atoms with van der Waals surface area (Å²) in [5.74, 6) is -0.100. The Hall–Kier alpha value is -1.40. The molecule has 1 aromatic carbocycles. The van der Waals surface area contributed by atoms with Gasteiger partial charge in [0.25, 0.3) is 5.91 Å². The SMILES string of the molecule is CCN1CCC[C@@H]1CNC(=O)c1ccc(CS(C)(=O)=O)cc1. The molecule has 0 saturated carbocycles. The van der Waals surface area contributed by atoms with Crippen molar-refractivity contribution in [3.05, 3.63) is 35.4 Å². The lowest BCUT2D eigenvalue weighted by Gasteiger charge is -2.22. The Kier molecular flexibility index (Phi) is 5.58. The highest BCUT2D eigenvalue weighted by Crippen LogP contribution is 2.16. The van der Waals surface area contributed by atoms with Gasteiger partial charge in [-0.1, -0.05) is 19.1 Å². The fourth-order valence-electron chi connectivity index (χ4n) is 2.91. The van der Waals surface area contributed by atoms with Crippen LogP contribution in [0, 0.1) is 0 Å². The van der Waals surface area contributed by atoms with Crippen molar-refractivity contribution in [3.63, 3.8) is 0 Å². The second-order valence-electron chi connectivity index (χ2n) is 5.90. The summed E-state index contributed by atoms with van der Waals surface area (Å²) in [5.41, 5.74) is 1.27. The highest BCUT2D eigenvalue weighted by atomic mass is 32.2. The smallest absolute Gasteiger partial charge is 0.251 e. The number of rotatable bonds is 6. The van der Waals surface area contributed by atoms with E-state index in [9.17, 15) is 13.2 Å². The molecule has 1 atom stereocenters. The van der Waals surface area contributed by atoms with Crippen LogP contribution in [-0.2, 0) is 15.6 Å². The zero-order valence-electron chi connectivity index (χ0n) is 13.2. The molecule has 122 valence electrons. The van der Waals surface area contributed by atoms with Crippen LogP contribution in [0.3, 0.4) is 0 Å². The van der Waals surface area contributed by atoms with Crippen molar-refractivity contribution < 1.29 is 13.2 Å². The first kappa shape index (κ1) is 17.0. The minimum Gasteiger partial charge on any atom is -0.350 e. The van der Waals surface area contributed by atoms with Crippen molar-refractivity contribution in [3.8, 4) is 0 Å². The van der Waals surface area contributed by atoms with E-state index in [4.69, 9.17) is 0 Å². The van der Waals surface area contributed by atoms with Crippen LogP contribution in [0.1, 0.15) is 35.7 Å². The van der Waals surface area contributed by atoms with Crippen molar-refractivity contribution in [1.29, 1.82) is 0 Å². The number of likely N-dealkylation sites (N-methyl/N-ethyl adjacent to an activating group) is 1. The molecule has 0 aliphatic carbocycles. The lowest BCUT2D eigenvalue weighted by atomic mass is 10.1. The van der Waals surface area contributed by atoms with Gasteiger partial charge in [-0.3, -0.25) is 9.69 Å². The van der Waals surface area contributed by atoms with Gasteiger partial charge in [-0.15, -0.1) is 0 Å². The molecule has 0 unspecified atom stereocenters. The highest BCUT2D eigenvalue weighted by Gasteiger charge is 2.23. The third-order valence-corrected chi connectivity index (χ3v) is 4.91. The van der Waals surface area contributed by atoms with Gasteiger partial charge in [0.05, 0.1) is 5.75 Å². The van der Waals surface area contributed by atoms with Gasteiger partial charge < -0.3 is 5.32 Å². The minimum atomic E-state index is -3.05. The summed E-state index contributed by atoms with van der Waals surface area (Å²) in [6.45, 7) is 4.93. The number of amides is 1. The molecule has 1 aromatic rings. The lowest BCUT2D eigenvalue weighted by molar-refractivity contribution is 0.0941. The maximum absolute atomic E-state index is 12.1. The number of nitrogens with one attached hydrogen (secondary N) is 1. The lowest BCUT2D eigenvalue weighted by Crippen LogP contribution is -2.40. The average Bonchev–Trinajstić information content (AvgIpc) is 2.91. The van der Waals surface area contributed by atoms with Gasteiger partial charge in [-0.25, -0.2) is 8.42 Å². The molecule has 1 saturated heterocycles. The van der Waals surface area contributed by atoms with E-state index < -0.39 is 9.84 Å². The van der Waals surface area contributed by atoms with Crippen molar-refractivity contribution in [1.82, 2.24) is 10.2 Å². The third kappa shape index (κ3) is 4.81. The molecular weight excluding hydrogens is 300 g/mol. The van der Waals surface area contributed by atoms with Gasteiger partial charge in [0, 0.05) is 24.4 Å². The van der Waals surface area contributed by atoms with E-state index in [1.807, 2.05) is 0 Å². The molecule has 0 aromatic heterocycles. The zero-order valence-corrected chi connectivity index (χ0v) is 14.0. The Balaban J connectivity index is 1.90. The van der Waals surface area contributed by atoms with E-state index in [-0.39, 0.29) is 11.7 Å². The van der Waals surface area contributed by atoms with Gasteiger partial charge in [0.15, 0.2) is 9.84 Å². The summed E-state index contributed by atoms with van der Waals surface area (Å²) in [5, 5.41) is 2.97. The topological polar surface area (TPSA) is 66.5 Å². The second kappa shape index (κ2) is 7.24. The van der Waals surface area contributed by atoms with Crippen LogP contribution >= 0.6 is 0 Å². The highest BCUT2D eigenvalue weighted by molar-refractivity contribution is 7.89. The summed E-state index contributed by atoms with van der Waals surface area (Å²) in [7, 11) is -3.05. The summed E-state index contributed by atoms with van der Waals surface area (Å²) in [6.07, 6.45) is 3.52. The first-order chi connectivity index (χ1) is 10.4. The van der Waals surface area contributed by atoms with E-state index >= 15 is 0 Å². The molecule has 0 bridgehead atoms. The summed E-state index contributed by atoms with van der Waals surface area (Å²) >= 11 is 0. The van der Waals surface area contributed by atoms with Crippen molar-refractivity contribution in [2.24, 2.45) is 0 Å². The van der Waals surface area contributed by atoms with Crippen molar-refractivity contribution in [2.45, 2.75) is 31.6 Å².